The summed E-state index contributed by atoms with van der Waals surface area (Å²) in [5.41, 5.74) is 0.323. The first-order valence-electron chi connectivity index (χ1n) is 8.93. The molecular weight excluding hydrogens is 334 g/mol. The summed E-state index contributed by atoms with van der Waals surface area (Å²) in [4.78, 5) is 24.7. The number of carbonyl (C=O) groups excluding carboxylic acids is 2. The molecule has 0 aromatic heterocycles. The molecule has 0 spiro atoms. The van der Waals surface area contributed by atoms with Gasteiger partial charge in [0.15, 0.2) is 0 Å². The number of rotatable bonds is 10. The van der Waals surface area contributed by atoms with Gasteiger partial charge in [0, 0.05) is 24.6 Å². The van der Waals surface area contributed by atoms with Crippen LogP contribution in [0.4, 0.5) is 4.79 Å². The molecule has 0 heterocycles. The van der Waals surface area contributed by atoms with Crippen LogP contribution in [0.15, 0.2) is 18.2 Å². The number of nitrogens with zero attached hydrogens (tertiary/aromatic N) is 1. The Morgan fingerprint density at radius 1 is 1.12 bits per heavy atom. The molecular formula is C20H31NO5. The lowest BCUT2D eigenvalue weighted by Gasteiger charge is -2.28. The molecule has 0 radical (unpaired) electrons. The van der Waals surface area contributed by atoms with Crippen LogP contribution in [-0.4, -0.2) is 43.6 Å². The van der Waals surface area contributed by atoms with Gasteiger partial charge >= 0.3 is 6.09 Å². The Labute approximate surface area is 156 Å². The third-order valence-electron chi connectivity index (χ3n) is 3.76. The number of aldehydes is 1. The summed E-state index contributed by atoms with van der Waals surface area (Å²) in [6.45, 7) is 6.49. The van der Waals surface area contributed by atoms with E-state index < -0.39 is 5.60 Å². The first-order valence-corrected chi connectivity index (χ1v) is 8.93. The first-order chi connectivity index (χ1) is 12.3. The molecule has 0 aliphatic carbocycles. The van der Waals surface area contributed by atoms with Crippen molar-refractivity contribution in [1.29, 1.82) is 0 Å². The summed E-state index contributed by atoms with van der Waals surface area (Å²) in [7, 11) is 3.19. The smallest absolute Gasteiger partial charge is 0.410 e. The maximum absolute atomic E-state index is 12.6. The predicted molar refractivity (Wildman–Crippen MR) is 101 cm³/mol. The Morgan fingerprint density at radius 2 is 1.85 bits per heavy atom. The second-order valence-corrected chi connectivity index (χ2v) is 7.10. The highest BCUT2D eigenvalue weighted by Crippen LogP contribution is 2.26. The van der Waals surface area contributed by atoms with Gasteiger partial charge in [0.1, 0.15) is 23.4 Å². The zero-order chi connectivity index (χ0) is 19.6. The van der Waals surface area contributed by atoms with E-state index in [9.17, 15) is 9.59 Å². The van der Waals surface area contributed by atoms with Crippen LogP contribution in [0, 0.1) is 0 Å². The lowest BCUT2D eigenvalue weighted by Crippen LogP contribution is -2.37. The summed E-state index contributed by atoms with van der Waals surface area (Å²) in [6, 6.07) is 5.53. The van der Waals surface area contributed by atoms with Gasteiger partial charge in [0.25, 0.3) is 0 Å². The van der Waals surface area contributed by atoms with Crippen LogP contribution in [0.25, 0.3) is 0 Å². The largest absolute Gasteiger partial charge is 0.497 e. The van der Waals surface area contributed by atoms with E-state index in [4.69, 9.17) is 14.2 Å². The van der Waals surface area contributed by atoms with Gasteiger partial charge < -0.3 is 23.9 Å². The van der Waals surface area contributed by atoms with Crippen molar-refractivity contribution in [3.63, 3.8) is 0 Å². The maximum Gasteiger partial charge on any atom is 0.410 e. The van der Waals surface area contributed by atoms with Crippen LogP contribution in [0.5, 0.6) is 11.5 Å². The van der Waals surface area contributed by atoms with Crippen molar-refractivity contribution in [2.24, 2.45) is 0 Å². The lowest BCUT2D eigenvalue weighted by atomic mass is 10.1. The van der Waals surface area contributed by atoms with Gasteiger partial charge in [-0.05, 0) is 45.7 Å². The summed E-state index contributed by atoms with van der Waals surface area (Å²) >= 11 is 0. The Bertz CT molecular complexity index is 580. The van der Waals surface area contributed by atoms with E-state index in [1.54, 1.807) is 25.2 Å². The Balaban J connectivity index is 2.86. The molecule has 0 N–H and O–H groups in total. The van der Waals surface area contributed by atoms with Crippen molar-refractivity contribution in [3.8, 4) is 11.5 Å². The summed E-state index contributed by atoms with van der Waals surface area (Å²) < 4.78 is 16.2. The molecule has 0 saturated heterocycles. The second-order valence-electron chi connectivity index (χ2n) is 7.10. The number of amides is 1. The normalized spacial score (nSPS) is 11.0. The number of hydrogen-bond donors (Lipinski definition) is 0. The van der Waals surface area contributed by atoms with Crippen LogP contribution in [0.2, 0.25) is 0 Å². The molecule has 6 heteroatoms. The van der Waals surface area contributed by atoms with Crippen LogP contribution in [0.3, 0.4) is 0 Å². The van der Waals surface area contributed by atoms with Crippen molar-refractivity contribution in [1.82, 2.24) is 4.90 Å². The number of methoxy groups -OCH3 is 2. The highest BCUT2D eigenvalue weighted by atomic mass is 16.6. The van der Waals surface area contributed by atoms with Gasteiger partial charge in [-0.1, -0.05) is 6.42 Å². The average Bonchev–Trinajstić information content (AvgIpc) is 2.59. The minimum absolute atomic E-state index is 0.356. The fraction of sp³-hybridized carbons (Fsp3) is 0.600. The van der Waals surface area contributed by atoms with Gasteiger partial charge in [0.05, 0.1) is 20.8 Å². The molecule has 0 bridgehead atoms. The second kappa shape index (κ2) is 10.7. The molecule has 0 saturated carbocycles. The van der Waals surface area contributed by atoms with E-state index in [2.05, 4.69) is 0 Å². The van der Waals surface area contributed by atoms with Gasteiger partial charge in [-0.3, -0.25) is 0 Å². The van der Waals surface area contributed by atoms with Crippen LogP contribution in [-0.2, 0) is 16.1 Å². The zero-order valence-corrected chi connectivity index (χ0v) is 16.5. The van der Waals surface area contributed by atoms with E-state index in [1.165, 1.54) is 0 Å². The van der Waals surface area contributed by atoms with Gasteiger partial charge in [-0.2, -0.15) is 0 Å². The molecule has 1 aromatic carbocycles. The molecule has 0 aliphatic rings. The summed E-state index contributed by atoms with van der Waals surface area (Å²) in [6.07, 6.45) is 3.65. The Kier molecular flexibility index (Phi) is 8.96. The standard InChI is InChI=1S/C20H31NO5/c1-20(2,3)26-19(23)21(12-8-6-7-9-13-22)15-16-10-11-17(24-4)14-18(16)25-5/h10-11,13-14H,6-9,12,15H2,1-5H3. The monoisotopic (exact) mass is 365 g/mol. The molecule has 0 unspecified atom stereocenters. The minimum atomic E-state index is -0.559. The molecule has 26 heavy (non-hydrogen) atoms. The van der Waals surface area contributed by atoms with E-state index in [0.29, 0.717) is 31.0 Å². The fourth-order valence-corrected chi connectivity index (χ4v) is 2.46. The third kappa shape index (κ3) is 7.76. The number of unbranched alkanes of at least 4 members (excludes halogenated alkanes) is 3. The molecule has 6 nitrogen and oxygen atoms in total. The Morgan fingerprint density at radius 3 is 2.42 bits per heavy atom. The first kappa shape index (κ1) is 21.8. The van der Waals surface area contributed by atoms with Crippen molar-refractivity contribution >= 4 is 12.4 Å². The van der Waals surface area contributed by atoms with Crippen molar-refractivity contribution in [2.75, 3.05) is 20.8 Å². The van der Waals surface area contributed by atoms with E-state index in [-0.39, 0.29) is 6.09 Å². The van der Waals surface area contributed by atoms with Crippen LogP contribution >= 0.6 is 0 Å². The number of carbonyl (C=O) groups is 2. The molecule has 0 atom stereocenters. The quantitative estimate of drug-likeness (QED) is 0.459. The molecule has 1 aromatic rings. The van der Waals surface area contributed by atoms with E-state index in [1.807, 2.05) is 32.9 Å². The van der Waals surface area contributed by atoms with Crippen molar-refractivity contribution in [3.05, 3.63) is 23.8 Å². The summed E-state index contributed by atoms with van der Waals surface area (Å²) in [5, 5.41) is 0. The summed E-state index contributed by atoms with van der Waals surface area (Å²) in [5.74, 6) is 1.36. The molecule has 1 amide bonds. The van der Waals surface area contributed by atoms with Crippen molar-refractivity contribution in [2.45, 2.75) is 58.6 Å². The molecule has 0 fully saturated rings. The third-order valence-corrected chi connectivity index (χ3v) is 3.76. The molecule has 0 aliphatic heterocycles. The predicted octanol–water partition coefficient (Wildman–Crippen LogP) is 4.20. The molecule has 1 rings (SSSR count). The number of ether oxygens (including phenoxy) is 3. The van der Waals surface area contributed by atoms with Gasteiger partial charge in [0.2, 0.25) is 0 Å². The van der Waals surface area contributed by atoms with Crippen LogP contribution in [0.1, 0.15) is 52.0 Å². The number of benzene rings is 1. The Hall–Kier alpha value is -2.24. The zero-order valence-electron chi connectivity index (χ0n) is 16.5. The highest BCUT2D eigenvalue weighted by Gasteiger charge is 2.23. The highest BCUT2D eigenvalue weighted by molar-refractivity contribution is 5.68. The fourth-order valence-electron chi connectivity index (χ4n) is 2.46. The van der Waals surface area contributed by atoms with Gasteiger partial charge in [-0.15, -0.1) is 0 Å². The van der Waals surface area contributed by atoms with Gasteiger partial charge in [-0.25, -0.2) is 4.79 Å². The minimum Gasteiger partial charge on any atom is -0.497 e. The SMILES string of the molecule is COc1ccc(CN(CCCCCC=O)C(=O)OC(C)(C)C)c(OC)c1. The maximum atomic E-state index is 12.6. The average molecular weight is 365 g/mol. The lowest BCUT2D eigenvalue weighted by molar-refractivity contribution is -0.107. The van der Waals surface area contributed by atoms with Crippen LogP contribution < -0.4 is 9.47 Å². The topological polar surface area (TPSA) is 65.1 Å². The molecule has 146 valence electrons. The van der Waals surface area contributed by atoms with Crippen molar-refractivity contribution < 1.29 is 23.8 Å². The number of hydrogen-bond acceptors (Lipinski definition) is 5. The van der Waals surface area contributed by atoms with E-state index >= 15 is 0 Å². The van der Waals surface area contributed by atoms with E-state index in [0.717, 1.165) is 31.1 Å².